The number of benzene rings is 1. The normalized spacial score (nSPS) is 22.7. The Hall–Kier alpha value is -3.81. The van der Waals surface area contributed by atoms with E-state index in [1.54, 1.807) is 0 Å². The summed E-state index contributed by atoms with van der Waals surface area (Å²) in [6.07, 6.45) is -5.30. The average molecular weight is 442 g/mol. The zero-order valence-electron chi connectivity index (χ0n) is 16.5. The van der Waals surface area contributed by atoms with Crippen LogP contribution in [0.3, 0.4) is 0 Å². The van der Waals surface area contributed by atoms with E-state index in [1.807, 2.05) is 0 Å². The molecule has 0 spiro atoms. The minimum Gasteiger partial charge on any atom is -0.460 e. The van der Waals surface area contributed by atoms with Crippen molar-refractivity contribution in [2.45, 2.75) is 45.4 Å². The van der Waals surface area contributed by atoms with Gasteiger partial charge in [0.25, 0.3) is 0 Å². The number of nitro benzene ring substituents is 2. The van der Waals surface area contributed by atoms with E-state index in [0.717, 1.165) is 39.0 Å². The lowest BCUT2D eigenvalue weighted by molar-refractivity contribution is -0.422. The smallest absolute Gasteiger partial charge is 0.349 e. The molecule has 2 rings (SSSR count). The van der Waals surface area contributed by atoms with Crippen LogP contribution in [0.5, 0.6) is 5.75 Å². The van der Waals surface area contributed by atoms with E-state index in [9.17, 15) is 34.6 Å². The van der Waals surface area contributed by atoms with Crippen LogP contribution in [0.2, 0.25) is 0 Å². The van der Waals surface area contributed by atoms with Crippen molar-refractivity contribution in [3.8, 4) is 5.75 Å². The number of hydrogen-bond acceptors (Lipinski definition) is 12. The van der Waals surface area contributed by atoms with E-state index in [-0.39, 0.29) is 12.4 Å². The van der Waals surface area contributed by atoms with E-state index in [4.69, 9.17) is 23.7 Å². The van der Waals surface area contributed by atoms with Gasteiger partial charge in [-0.1, -0.05) is 0 Å². The molecule has 0 saturated carbocycles. The van der Waals surface area contributed by atoms with Crippen LogP contribution in [0.15, 0.2) is 18.2 Å². The fraction of sp³-hybridized carbons (Fsp3) is 0.471. The molecule has 0 aromatic heterocycles. The largest absolute Gasteiger partial charge is 0.460 e. The summed E-state index contributed by atoms with van der Waals surface area (Å²) in [7, 11) is 0. The third-order valence-electron chi connectivity index (χ3n) is 3.90. The minimum absolute atomic E-state index is 0.216. The standard InChI is InChI=1S/C17H18N2O12/c1-8(20)28-14-7-27-17(16(30-10(3)22)15(14)29-9(2)21)31-11-4-5-12(18(23)24)13(6-11)19(25)26/h4-6,14-17H,7H2,1-3H3/t14-,15-,16+,17-/m1/s1. The lowest BCUT2D eigenvalue weighted by Gasteiger charge is -2.40. The molecule has 31 heavy (non-hydrogen) atoms. The SMILES string of the molecule is CC(=O)O[C@@H]1[C@@H](Oc2ccc([N+](=O)[O-])c([N+](=O)[O-])c2)OC[C@@H](OC(C)=O)[C@H]1OC(C)=O. The molecule has 1 fully saturated rings. The summed E-state index contributed by atoms with van der Waals surface area (Å²) < 4.78 is 26.3. The third-order valence-corrected chi connectivity index (χ3v) is 3.90. The Morgan fingerprint density at radius 2 is 1.45 bits per heavy atom. The minimum atomic E-state index is -1.44. The number of hydrogen-bond donors (Lipinski definition) is 0. The van der Waals surface area contributed by atoms with Gasteiger partial charge in [-0.15, -0.1) is 0 Å². The van der Waals surface area contributed by atoms with E-state index in [2.05, 4.69) is 0 Å². The highest BCUT2D eigenvalue weighted by Crippen LogP contribution is 2.33. The maximum Gasteiger partial charge on any atom is 0.349 e. The van der Waals surface area contributed by atoms with Crippen LogP contribution in [0.4, 0.5) is 11.4 Å². The first-order chi connectivity index (χ1) is 14.5. The fourth-order valence-corrected chi connectivity index (χ4v) is 2.82. The molecule has 14 nitrogen and oxygen atoms in total. The molecule has 14 heteroatoms. The van der Waals surface area contributed by atoms with Gasteiger partial charge < -0.3 is 23.7 Å². The molecule has 0 bridgehead atoms. The third kappa shape index (κ3) is 6.08. The molecule has 0 amide bonds. The Bertz CT molecular complexity index is 901. The van der Waals surface area contributed by atoms with Crippen molar-refractivity contribution < 1.29 is 47.9 Å². The van der Waals surface area contributed by atoms with Crippen molar-refractivity contribution in [1.29, 1.82) is 0 Å². The fourth-order valence-electron chi connectivity index (χ4n) is 2.82. The second-order valence-electron chi connectivity index (χ2n) is 6.28. The summed E-state index contributed by atoms with van der Waals surface area (Å²) in [5, 5.41) is 22.1. The van der Waals surface area contributed by atoms with Gasteiger partial charge in [0.1, 0.15) is 5.75 Å². The predicted octanol–water partition coefficient (Wildman–Crippen LogP) is 1.03. The quantitative estimate of drug-likeness (QED) is 0.253. The summed E-state index contributed by atoms with van der Waals surface area (Å²) >= 11 is 0. The number of carbonyl (C=O) groups is 3. The van der Waals surface area contributed by atoms with Crippen molar-refractivity contribution in [2.75, 3.05) is 6.61 Å². The van der Waals surface area contributed by atoms with E-state index in [1.165, 1.54) is 0 Å². The number of nitro groups is 2. The maximum absolute atomic E-state index is 11.6. The number of rotatable bonds is 7. The highest BCUT2D eigenvalue weighted by atomic mass is 16.7. The van der Waals surface area contributed by atoms with Crippen LogP contribution in [0.1, 0.15) is 20.8 Å². The highest BCUT2D eigenvalue weighted by molar-refractivity contribution is 5.68. The van der Waals surface area contributed by atoms with Crippen LogP contribution in [-0.2, 0) is 33.3 Å². The van der Waals surface area contributed by atoms with Gasteiger partial charge in [-0.05, 0) is 6.07 Å². The number of esters is 3. The summed E-state index contributed by atoms with van der Waals surface area (Å²) in [4.78, 5) is 54.7. The molecule has 4 atom stereocenters. The summed E-state index contributed by atoms with van der Waals surface area (Å²) in [6.45, 7) is 2.94. The monoisotopic (exact) mass is 442 g/mol. The number of carbonyl (C=O) groups excluding carboxylic acids is 3. The van der Waals surface area contributed by atoms with Crippen molar-refractivity contribution in [2.24, 2.45) is 0 Å². The topological polar surface area (TPSA) is 184 Å². The van der Waals surface area contributed by atoms with Gasteiger partial charge in [-0.25, -0.2) is 0 Å². The van der Waals surface area contributed by atoms with Crippen LogP contribution < -0.4 is 4.74 Å². The molecular formula is C17H18N2O12. The Balaban J connectivity index is 2.37. The molecule has 1 heterocycles. The first-order valence-electron chi connectivity index (χ1n) is 8.72. The van der Waals surface area contributed by atoms with E-state index >= 15 is 0 Å². The van der Waals surface area contributed by atoms with Gasteiger partial charge in [-0.2, -0.15) is 0 Å². The lowest BCUT2D eigenvalue weighted by atomic mass is 10.0. The van der Waals surface area contributed by atoms with Crippen LogP contribution in [-0.4, -0.2) is 59.0 Å². The Morgan fingerprint density at radius 1 is 0.903 bits per heavy atom. The first kappa shape index (κ1) is 23.5. The van der Waals surface area contributed by atoms with Gasteiger partial charge >= 0.3 is 29.3 Å². The molecule has 168 valence electrons. The zero-order chi connectivity index (χ0) is 23.3. The molecule has 1 saturated heterocycles. The molecule has 0 radical (unpaired) electrons. The Morgan fingerprint density at radius 3 is 1.97 bits per heavy atom. The Labute approximate surface area is 174 Å². The van der Waals surface area contributed by atoms with Crippen LogP contribution in [0, 0.1) is 20.2 Å². The predicted molar refractivity (Wildman–Crippen MR) is 96.8 cm³/mol. The second kappa shape index (κ2) is 9.80. The summed E-state index contributed by atoms with van der Waals surface area (Å²) in [6, 6.07) is 2.74. The van der Waals surface area contributed by atoms with Crippen LogP contribution >= 0.6 is 0 Å². The summed E-state index contributed by atoms with van der Waals surface area (Å²) in [5.41, 5.74) is -1.59. The average Bonchev–Trinajstić information content (AvgIpc) is 2.65. The molecule has 1 aromatic rings. The van der Waals surface area contributed by atoms with Gasteiger partial charge in [0.05, 0.1) is 22.5 Å². The second-order valence-corrected chi connectivity index (χ2v) is 6.28. The van der Waals surface area contributed by atoms with Gasteiger partial charge in [0.2, 0.25) is 12.4 Å². The van der Waals surface area contributed by atoms with Crippen molar-refractivity contribution in [1.82, 2.24) is 0 Å². The first-order valence-corrected chi connectivity index (χ1v) is 8.72. The molecule has 1 aliphatic heterocycles. The van der Waals surface area contributed by atoms with Crippen LogP contribution in [0.25, 0.3) is 0 Å². The van der Waals surface area contributed by atoms with Crippen molar-refractivity contribution in [3.05, 3.63) is 38.4 Å². The Kier molecular flexibility index (Phi) is 7.42. The van der Waals surface area contributed by atoms with Gasteiger partial charge in [0.15, 0.2) is 12.2 Å². The molecule has 1 aliphatic rings. The van der Waals surface area contributed by atoms with Gasteiger partial charge in [0, 0.05) is 26.8 Å². The molecule has 1 aromatic carbocycles. The molecular weight excluding hydrogens is 424 g/mol. The lowest BCUT2D eigenvalue weighted by Crippen LogP contribution is -2.59. The zero-order valence-corrected chi connectivity index (χ0v) is 16.5. The molecule has 0 unspecified atom stereocenters. The molecule has 0 N–H and O–H groups in total. The van der Waals surface area contributed by atoms with Crippen molar-refractivity contribution >= 4 is 29.3 Å². The van der Waals surface area contributed by atoms with Gasteiger partial charge in [-0.3, -0.25) is 34.6 Å². The maximum atomic E-state index is 11.6. The van der Waals surface area contributed by atoms with E-state index in [0.29, 0.717) is 0 Å². The number of ether oxygens (including phenoxy) is 5. The highest BCUT2D eigenvalue weighted by Gasteiger charge is 2.48. The van der Waals surface area contributed by atoms with Crippen molar-refractivity contribution in [3.63, 3.8) is 0 Å². The summed E-state index contributed by atoms with van der Waals surface area (Å²) in [5.74, 6) is -2.51. The van der Waals surface area contributed by atoms with E-state index < -0.39 is 63.7 Å². The number of nitrogens with zero attached hydrogens (tertiary/aromatic N) is 2. The molecule has 0 aliphatic carbocycles.